The molecule has 1 aromatic heterocycles. The summed E-state index contributed by atoms with van der Waals surface area (Å²) in [5.74, 6) is 0.0677. The van der Waals surface area contributed by atoms with Crippen molar-refractivity contribution in [2.75, 3.05) is 18.2 Å². The van der Waals surface area contributed by atoms with Gasteiger partial charge in [-0.2, -0.15) is 0 Å². The number of nitrogens with two attached hydrogens (primary N) is 1. The normalized spacial score (nSPS) is 10.1. The number of nitrogens with one attached hydrogen (secondary N) is 1. The van der Waals surface area contributed by atoms with Gasteiger partial charge >= 0.3 is 5.97 Å². The molecule has 0 aliphatic heterocycles. The fourth-order valence-corrected chi connectivity index (χ4v) is 1.79. The zero-order chi connectivity index (χ0) is 14.5. The van der Waals surface area contributed by atoms with Crippen molar-refractivity contribution in [1.82, 2.24) is 4.98 Å². The summed E-state index contributed by atoms with van der Waals surface area (Å²) in [5.41, 5.74) is 8.46. The van der Waals surface area contributed by atoms with Crippen LogP contribution in [0.4, 0.5) is 17.2 Å². The molecule has 20 heavy (non-hydrogen) atoms. The van der Waals surface area contributed by atoms with Gasteiger partial charge in [-0.15, -0.1) is 0 Å². The molecule has 1 heterocycles. The summed E-state index contributed by atoms with van der Waals surface area (Å²) in [6, 6.07) is 9.60. The molecule has 0 spiro atoms. The highest BCUT2D eigenvalue weighted by atomic mass is 16.5. The fraction of sp³-hybridized carbons (Fsp3) is 0.200. The lowest BCUT2D eigenvalue weighted by Crippen LogP contribution is -2.07. The van der Waals surface area contributed by atoms with Crippen molar-refractivity contribution in [1.29, 1.82) is 0 Å². The van der Waals surface area contributed by atoms with Crippen LogP contribution in [0.2, 0.25) is 0 Å². The molecule has 5 heteroatoms. The van der Waals surface area contributed by atoms with Gasteiger partial charge in [0.2, 0.25) is 0 Å². The highest BCUT2D eigenvalue weighted by molar-refractivity contribution is 5.95. The number of ether oxygens (including phenoxy) is 1. The van der Waals surface area contributed by atoms with E-state index in [1.807, 2.05) is 24.3 Å². The van der Waals surface area contributed by atoms with Crippen LogP contribution in [0, 0.1) is 0 Å². The number of esters is 1. The lowest BCUT2D eigenvalue weighted by Gasteiger charge is -2.09. The van der Waals surface area contributed by atoms with Crippen LogP contribution in [0.5, 0.6) is 0 Å². The van der Waals surface area contributed by atoms with Gasteiger partial charge in [0.15, 0.2) is 0 Å². The van der Waals surface area contributed by atoms with Gasteiger partial charge in [0.25, 0.3) is 0 Å². The summed E-state index contributed by atoms with van der Waals surface area (Å²) < 4.78 is 4.68. The van der Waals surface area contributed by atoms with Crippen LogP contribution in [-0.2, 0) is 11.2 Å². The molecule has 1 aromatic carbocycles. The molecule has 0 bridgehead atoms. The molecule has 104 valence electrons. The number of anilines is 3. The van der Waals surface area contributed by atoms with Gasteiger partial charge in [0.1, 0.15) is 5.82 Å². The van der Waals surface area contributed by atoms with Crippen LogP contribution in [0.3, 0.4) is 0 Å². The number of nitrogen functional groups attached to an aromatic ring is 1. The summed E-state index contributed by atoms with van der Waals surface area (Å²) in [7, 11) is 1.32. The number of carbonyl (C=O) groups is 1. The number of benzene rings is 1. The first-order valence-electron chi connectivity index (χ1n) is 6.34. The van der Waals surface area contributed by atoms with Crippen LogP contribution in [0.1, 0.15) is 22.8 Å². The third-order valence-electron chi connectivity index (χ3n) is 2.97. The highest BCUT2D eigenvalue weighted by Crippen LogP contribution is 2.20. The molecule has 0 fully saturated rings. The number of carbonyl (C=O) groups excluding carboxylic acids is 1. The summed E-state index contributed by atoms with van der Waals surface area (Å²) in [5, 5.41) is 3.13. The van der Waals surface area contributed by atoms with Crippen LogP contribution >= 0.6 is 0 Å². The van der Waals surface area contributed by atoms with Crippen LogP contribution in [-0.4, -0.2) is 18.1 Å². The molecule has 0 unspecified atom stereocenters. The van der Waals surface area contributed by atoms with Gasteiger partial charge in [-0.25, -0.2) is 9.78 Å². The van der Waals surface area contributed by atoms with Crippen molar-refractivity contribution < 1.29 is 9.53 Å². The van der Waals surface area contributed by atoms with Gasteiger partial charge in [0, 0.05) is 5.69 Å². The molecule has 0 amide bonds. The van der Waals surface area contributed by atoms with Gasteiger partial charge < -0.3 is 15.8 Å². The van der Waals surface area contributed by atoms with Crippen molar-refractivity contribution in [3.05, 3.63) is 47.7 Å². The van der Waals surface area contributed by atoms with E-state index in [0.717, 1.165) is 12.1 Å². The Morgan fingerprint density at radius 2 is 2.05 bits per heavy atom. The second-order valence-corrected chi connectivity index (χ2v) is 4.32. The van der Waals surface area contributed by atoms with Crippen molar-refractivity contribution >= 4 is 23.2 Å². The average Bonchev–Trinajstić information content (AvgIpc) is 2.49. The number of aryl methyl sites for hydroxylation is 1. The Bertz CT molecular complexity index is 609. The first kappa shape index (κ1) is 13.9. The van der Waals surface area contributed by atoms with E-state index >= 15 is 0 Å². The Labute approximate surface area is 117 Å². The number of rotatable bonds is 4. The van der Waals surface area contributed by atoms with Crippen molar-refractivity contribution in [2.45, 2.75) is 13.3 Å². The van der Waals surface area contributed by atoms with E-state index in [1.165, 1.54) is 18.9 Å². The third-order valence-corrected chi connectivity index (χ3v) is 2.97. The van der Waals surface area contributed by atoms with Crippen molar-refractivity contribution in [2.24, 2.45) is 0 Å². The topological polar surface area (TPSA) is 77.2 Å². The molecule has 0 saturated carbocycles. The van der Waals surface area contributed by atoms with E-state index in [4.69, 9.17) is 5.73 Å². The Hall–Kier alpha value is -2.56. The van der Waals surface area contributed by atoms with Crippen LogP contribution < -0.4 is 11.1 Å². The standard InChI is InChI=1S/C15H17N3O2/c1-3-10-4-6-11(7-5-10)18-14-8-12(15(19)20-2)13(16)9-17-14/h4-9H,3,16H2,1-2H3,(H,17,18). The molecule has 0 radical (unpaired) electrons. The van der Waals surface area contributed by atoms with Crippen molar-refractivity contribution in [3.63, 3.8) is 0 Å². The second kappa shape index (κ2) is 6.06. The Morgan fingerprint density at radius 3 is 2.65 bits per heavy atom. The molecule has 2 aromatic rings. The molecular weight excluding hydrogens is 254 g/mol. The van der Waals surface area contributed by atoms with E-state index in [0.29, 0.717) is 17.1 Å². The minimum absolute atomic E-state index is 0.295. The average molecular weight is 271 g/mol. The molecule has 3 N–H and O–H groups in total. The number of hydrogen-bond donors (Lipinski definition) is 2. The number of methoxy groups -OCH3 is 1. The van der Waals surface area contributed by atoms with E-state index in [2.05, 4.69) is 22.0 Å². The molecule has 2 rings (SSSR count). The second-order valence-electron chi connectivity index (χ2n) is 4.32. The first-order chi connectivity index (χ1) is 9.63. The summed E-state index contributed by atoms with van der Waals surface area (Å²) >= 11 is 0. The lowest BCUT2D eigenvalue weighted by atomic mass is 10.1. The molecular formula is C15H17N3O2. The zero-order valence-corrected chi connectivity index (χ0v) is 11.5. The zero-order valence-electron chi connectivity index (χ0n) is 11.5. The maximum Gasteiger partial charge on any atom is 0.340 e. The largest absolute Gasteiger partial charge is 0.465 e. The van der Waals surface area contributed by atoms with E-state index < -0.39 is 5.97 Å². The number of aromatic nitrogens is 1. The van der Waals surface area contributed by atoms with Crippen LogP contribution in [0.25, 0.3) is 0 Å². The predicted molar refractivity (Wildman–Crippen MR) is 79.1 cm³/mol. The van der Waals surface area contributed by atoms with Gasteiger partial charge in [0.05, 0.1) is 24.6 Å². The number of hydrogen-bond acceptors (Lipinski definition) is 5. The molecule has 0 atom stereocenters. The fourth-order valence-electron chi connectivity index (χ4n) is 1.79. The molecule has 0 saturated heterocycles. The predicted octanol–water partition coefficient (Wildman–Crippen LogP) is 2.76. The van der Waals surface area contributed by atoms with E-state index in [1.54, 1.807) is 6.07 Å². The van der Waals surface area contributed by atoms with Crippen LogP contribution in [0.15, 0.2) is 36.5 Å². The van der Waals surface area contributed by atoms with Crippen molar-refractivity contribution in [3.8, 4) is 0 Å². The minimum Gasteiger partial charge on any atom is -0.465 e. The maximum absolute atomic E-state index is 11.6. The first-order valence-corrected chi connectivity index (χ1v) is 6.34. The maximum atomic E-state index is 11.6. The number of pyridine rings is 1. The smallest absolute Gasteiger partial charge is 0.340 e. The monoisotopic (exact) mass is 271 g/mol. The lowest BCUT2D eigenvalue weighted by molar-refractivity contribution is 0.0602. The SMILES string of the molecule is CCc1ccc(Nc2cc(C(=O)OC)c(N)cn2)cc1. The highest BCUT2D eigenvalue weighted by Gasteiger charge is 2.11. The van der Waals surface area contributed by atoms with Gasteiger partial charge in [-0.05, 0) is 30.2 Å². The molecule has 5 nitrogen and oxygen atoms in total. The minimum atomic E-state index is -0.478. The summed E-state index contributed by atoms with van der Waals surface area (Å²) in [4.78, 5) is 15.7. The molecule has 0 aliphatic rings. The Balaban J connectivity index is 2.22. The van der Waals surface area contributed by atoms with E-state index in [9.17, 15) is 4.79 Å². The molecule has 0 aliphatic carbocycles. The van der Waals surface area contributed by atoms with Gasteiger partial charge in [-0.3, -0.25) is 0 Å². The Morgan fingerprint density at radius 1 is 1.35 bits per heavy atom. The third kappa shape index (κ3) is 3.06. The summed E-state index contributed by atoms with van der Waals surface area (Å²) in [6.07, 6.45) is 2.43. The number of nitrogens with zero attached hydrogens (tertiary/aromatic N) is 1. The quantitative estimate of drug-likeness (QED) is 0.836. The summed E-state index contributed by atoms with van der Waals surface area (Å²) in [6.45, 7) is 2.10. The van der Waals surface area contributed by atoms with Gasteiger partial charge in [-0.1, -0.05) is 19.1 Å². The van der Waals surface area contributed by atoms with E-state index in [-0.39, 0.29) is 0 Å². The Kier molecular flexibility index (Phi) is 4.20.